The van der Waals surface area contributed by atoms with Gasteiger partial charge in [-0.05, 0) is 35.9 Å². The lowest BCUT2D eigenvalue weighted by Gasteiger charge is -2.07. The molecule has 1 heterocycles. The van der Waals surface area contributed by atoms with Gasteiger partial charge in [0.15, 0.2) is 0 Å². The van der Waals surface area contributed by atoms with Crippen LogP contribution in [0.25, 0.3) is 11.3 Å². The first kappa shape index (κ1) is 12.5. The lowest BCUT2D eigenvalue weighted by atomic mass is 10.0. The first-order valence-electron chi connectivity index (χ1n) is 5.18. The van der Waals surface area contributed by atoms with Gasteiger partial charge in [-0.1, -0.05) is 11.6 Å². The Morgan fingerprint density at radius 3 is 2.61 bits per heavy atom. The number of pyridine rings is 1. The first-order chi connectivity index (χ1) is 8.56. The number of halogens is 2. The molecule has 5 heteroatoms. The molecule has 0 aliphatic rings. The Hall–Kier alpha value is -1.94. The molecule has 0 radical (unpaired) electrons. The Labute approximate surface area is 108 Å². The third-order valence-electron chi connectivity index (χ3n) is 2.39. The van der Waals surface area contributed by atoms with Crippen molar-refractivity contribution in [2.24, 2.45) is 0 Å². The van der Waals surface area contributed by atoms with Crippen LogP contribution in [0.1, 0.15) is 5.56 Å². The summed E-state index contributed by atoms with van der Waals surface area (Å²) in [5.74, 6) is -1.32. The van der Waals surface area contributed by atoms with Gasteiger partial charge in [0.1, 0.15) is 5.82 Å². The molecular formula is C13H9ClFNO2. The van der Waals surface area contributed by atoms with Gasteiger partial charge in [-0.25, -0.2) is 4.39 Å². The minimum absolute atomic E-state index is 0.180. The van der Waals surface area contributed by atoms with E-state index in [1.165, 1.54) is 18.3 Å². The maximum Gasteiger partial charge on any atom is 0.307 e. The maximum absolute atomic E-state index is 12.8. The summed E-state index contributed by atoms with van der Waals surface area (Å²) in [4.78, 5) is 14.9. The van der Waals surface area contributed by atoms with Gasteiger partial charge in [0.05, 0.1) is 17.1 Å². The molecule has 0 aliphatic carbocycles. The zero-order chi connectivity index (χ0) is 13.1. The molecule has 0 saturated carbocycles. The first-order valence-corrected chi connectivity index (χ1v) is 5.56. The van der Waals surface area contributed by atoms with E-state index in [-0.39, 0.29) is 12.2 Å². The number of aromatic nitrogens is 1. The summed E-state index contributed by atoms with van der Waals surface area (Å²) in [6, 6.07) is 7.27. The zero-order valence-electron chi connectivity index (χ0n) is 9.23. The van der Waals surface area contributed by atoms with Gasteiger partial charge in [-0.3, -0.25) is 9.78 Å². The van der Waals surface area contributed by atoms with Crippen molar-refractivity contribution in [3.8, 4) is 11.3 Å². The highest BCUT2D eigenvalue weighted by molar-refractivity contribution is 6.30. The van der Waals surface area contributed by atoms with E-state index in [0.29, 0.717) is 21.8 Å². The third kappa shape index (κ3) is 2.84. The highest BCUT2D eigenvalue weighted by atomic mass is 35.5. The molecule has 18 heavy (non-hydrogen) atoms. The minimum Gasteiger partial charge on any atom is -0.481 e. The summed E-state index contributed by atoms with van der Waals surface area (Å²) in [5.41, 5.74) is 1.66. The van der Waals surface area contributed by atoms with Crippen molar-refractivity contribution in [2.45, 2.75) is 6.42 Å². The molecule has 3 nitrogen and oxygen atoms in total. The molecule has 0 fully saturated rings. The Kier molecular flexibility index (Phi) is 3.58. The molecule has 2 aromatic rings. The quantitative estimate of drug-likeness (QED) is 0.927. The van der Waals surface area contributed by atoms with Crippen LogP contribution in [-0.4, -0.2) is 16.1 Å². The molecule has 0 saturated heterocycles. The van der Waals surface area contributed by atoms with Crippen molar-refractivity contribution >= 4 is 17.6 Å². The Bertz CT molecular complexity index is 584. The number of rotatable bonds is 3. The number of carboxylic acids is 1. The number of nitrogens with zero attached hydrogens (tertiary/aromatic N) is 1. The van der Waals surface area contributed by atoms with E-state index in [9.17, 15) is 9.18 Å². The number of hydrogen-bond acceptors (Lipinski definition) is 2. The van der Waals surface area contributed by atoms with Crippen molar-refractivity contribution in [3.63, 3.8) is 0 Å². The molecule has 1 N–H and O–H groups in total. The highest BCUT2D eigenvalue weighted by Crippen LogP contribution is 2.24. The standard InChI is InChI=1S/C13H9ClFNO2/c14-10-5-9(6-12(17)18)13(16-7-10)8-1-3-11(15)4-2-8/h1-5,7H,6H2,(H,17,18). The van der Waals surface area contributed by atoms with Crippen LogP contribution >= 0.6 is 11.6 Å². The van der Waals surface area contributed by atoms with Crippen LogP contribution in [0.15, 0.2) is 36.5 Å². The number of carboxylic acid groups (broad SMARTS) is 1. The smallest absolute Gasteiger partial charge is 0.307 e. The van der Waals surface area contributed by atoms with E-state index < -0.39 is 5.97 Å². The van der Waals surface area contributed by atoms with Crippen LogP contribution in [0.2, 0.25) is 5.02 Å². The average molecular weight is 266 g/mol. The lowest BCUT2D eigenvalue weighted by molar-refractivity contribution is -0.136. The van der Waals surface area contributed by atoms with E-state index in [4.69, 9.17) is 16.7 Å². The second kappa shape index (κ2) is 5.14. The van der Waals surface area contributed by atoms with Crippen molar-refractivity contribution in [1.29, 1.82) is 0 Å². The number of benzene rings is 1. The molecule has 1 aromatic heterocycles. The summed E-state index contributed by atoms with van der Waals surface area (Å²) in [6.45, 7) is 0. The van der Waals surface area contributed by atoms with Crippen molar-refractivity contribution in [1.82, 2.24) is 4.98 Å². The molecular weight excluding hydrogens is 257 g/mol. The fourth-order valence-electron chi connectivity index (χ4n) is 1.65. The van der Waals surface area contributed by atoms with Crippen molar-refractivity contribution < 1.29 is 14.3 Å². The number of carbonyl (C=O) groups is 1. The summed E-state index contributed by atoms with van der Waals surface area (Å²) in [6.07, 6.45) is 1.26. The summed E-state index contributed by atoms with van der Waals surface area (Å²) >= 11 is 5.80. The number of hydrogen-bond donors (Lipinski definition) is 1. The van der Waals surface area contributed by atoms with Gasteiger partial charge in [-0.2, -0.15) is 0 Å². The molecule has 0 bridgehead atoms. The molecule has 0 amide bonds. The van der Waals surface area contributed by atoms with Crippen LogP contribution in [-0.2, 0) is 11.2 Å². The van der Waals surface area contributed by atoms with Crippen LogP contribution in [0, 0.1) is 5.82 Å². The summed E-state index contributed by atoms with van der Waals surface area (Å²) in [5, 5.41) is 9.21. The van der Waals surface area contributed by atoms with Crippen LogP contribution in [0.3, 0.4) is 0 Å². The van der Waals surface area contributed by atoms with E-state index >= 15 is 0 Å². The normalized spacial score (nSPS) is 10.3. The molecule has 2 rings (SSSR count). The summed E-state index contributed by atoms with van der Waals surface area (Å²) in [7, 11) is 0. The van der Waals surface area contributed by atoms with Crippen LogP contribution in [0.4, 0.5) is 4.39 Å². The van der Waals surface area contributed by atoms with Gasteiger partial charge in [0.25, 0.3) is 0 Å². The largest absolute Gasteiger partial charge is 0.481 e. The molecule has 92 valence electrons. The Morgan fingerprint density at radius 2 is 2.00 bits per heavy atom. The molecule has 0 unspecified atom stereocenters. The second-order valence-electron chi connectivity index (χ2n) is 3.74. The van der Waals surface area contributed by atoms with Crippen molar-refractivity contribution in [3.05, 3.63) is 52.9 Å². The lowest BCUT2D eigenvalue weighted by Crippen LogP contribution is -2.03. The Balaban J connectivity index is 2.49. The van der Waals surface area contributed by atoms with E-state index in [1.54, 1.807) is 18.2 Å². The topological polar surface area (TPSA) is 50.2 Å². The fourth-order valence-corrected chi connectivity index (χ4v) is 1.83. The van der Waals surface area contributed by atoms with Gasteiger partial charge < -0.3 is 5.11 Å². The summed E-state index contributed by atoms with van der Waals surface area (Å²) < 4.78 is 12.8. The molecule has 0 spiro atoms. The van der Waals surface area contributed by atoms with Crippen molar-refractivity contribution in [2.75, 3.05) is 0 Å². The van der Waals surface area contributed by atoms with Gasteiger partial charge in [0.2, 0.25) is 0 Å². The van der Waals surface area contributed by atoms with Gasteiger partial charge in [-0.15, -0.1) is 0 Å². The second-order valence-corrected chi connectivity index (χ2v) is 4.18. The molecule has 0 aliphatic heterocycles. The third-order valence-corrected chi connectivity index (χ3v) is 2.60. The fraction of sp³-hybridized carbons (Fsp3) is 0.0769. The van der Waals surface area contributed by atoms with E-state index in [1.807, 2.05) is 0 Å². The van der Waals surface area contributed by atoms with E-state index in [0.717, 1.165) is 0 Å². The molecule has 0 atom stereocenters. The average Bonchev–Trinajstić information content (AvgIpc) is 2.30. The predicted octanol–water partition coefficient (Wildman–Crippen LogP) is 3.17. The van der Waals surface area contributed by atoms with Crippen LogP contribution < -0.4 is 0 Å². The van der Waals surface area contributed by atoms with Gasteiger partial charge in [0, 0.05) is 11.8 Å². The zero-order valence-corrected chi connectivity index (χ0v) is 9.99. The Morgan fingerprint density at radius 1 is 1.33 bits per heavy atom. The number of aliphatic carboxylic acids is 1. The predicted molar refractivity (Wildman–Crippen MR) is 66.0 cm³/mol. The van der Waals surface area contributed by atoms with Gasteiger partial charge >= 0.3 is 5.97 Å². The monoisotopic (exact) mass is 265 g/mol. The maximum atomic E-state index is 12.8. The molecule has 1 aromatic carbocycles. The minimum atomic E-state index is -0.970. The SMILES string of the molecule is O=C(O)Cc1cc(Cl)cnc1-c1ccc(F)cc1. The highest BCUT2D eigenvalue weighted by Gasteiger charge is 2.11. The van der Waals surface area contributed by atoms with Crippen LogP contribution in [0.5, 0.6) is 0 Å². The van der Waals surface area contributed by atoms with E-state index in [2.05, 4.69) is 4.98 Å².